The molecule has 4 heteroatoms. The second-order valence-electron chi connectivity index (χ2n) is 4.57. The van der Waals surface area contributed by atoms with Gasteiger partial charge in [0, 0.05) is 6.04 Å². The zero-order valence-corrected chi connectivity index (χ0v) is 10.7. The van der Waals surface area contributed by atoms with Gasteiger partial charge in [-0.05, 0) is 38.8 Å². The van der Waals surface area contributed by atoms with E-state index < -0.39 is 10.0 Å². The molecule has 0 N–H and O–H groups in total. The van der Waals surface area contributed by atoms with Gasteiger partial charge in [-0.2, -0.15) is 0 Å². The van der Waals surface area contributed by atoms with Crippen LogP contribution in [0.5, 0.6) is 0 Å². The molecule has 0 radical (unpaired) electrons. The third kappa shape index (κ3) is 1.61. The Hall–Kier alpha value is -1.03. The van der Waals surface area contributed by atoms with Crippen molar-refractivity contribution in [2.24, 2.45) is 0 Å². The number of para-hydroxylation sites is 1. The number of benzene rings is 1. The topological polar surface area (TPSA) is 37.4 Å². The SMILES string of the molecule is CC1Cc2ccccc2N1S(=O)(=O)C(C)C. The summed E-state index contributed by atoms with van der Waals surface area (Å²) in [7, 11) is -3.21. The van der Waals surface area contributed by atoms with Crippen molar-refractivity contribution in [3.05, 3.63) is 29.8 Å². The molecule has 0 bridgehead atoms. The van der Waals surface area contributed by atoms with Crippen LogP contribution < -0.4 is 4.31 Å². The lowest BCUT2D eigenvalue weighted by Crippen LogP contribution is -2.40. The lowest BCUT2D eigenvalue weighted by molar-refractivity contribution is 0.575. The third-order valence-corrected chi connectivity index (χ3v) is 5.31. The van der Waals surface area contributed by atoms with E-state index in [1.54, 1.807) is 18.2 Å². The number of hydrogen-bond acceptors (Lipinski definition) is 2. The Morgan fingerprint density at radius 2 is 1.94 bits per heavy atom. The number of hydrogen-bond donors (Lipinski definition) is 0. The highest BCUT2D eigenvalue weighted by molar-refractivity contribution is 7.93. The molecular weight excluding hydrogens is 222 g/mol. The summed E-state index contributed by atoms with van der Waals surface area (Å²) in [5.74, 6) is 0. The zero-order chi connectivity index (χ0) is 11.9. The molecule has 0 aromatic heterocycles. The van der Waals surface area contributed by atoms with Gasteiger partial charge in [-0.25, -0.2) is 8.42 Å². The molecule has 2 rings (SSSR count). The summed E-state index contributed by atoms with van der Waals surface area (Å²) in [6.45, 7) is 5.41. The first kappa shape index (κ1) is 11.5. The van der Waals surface area contributed by atoms with Crippen molar-refractivity contribution >= 4 is 15.7 Å². The minimum absolute atomic E-state index is 0.0322. The van der Waals surface area contributed by atoms with E-state index in [0.29, 0.717) is 0 Å². The van der Waals surface area contributed by atoms with Crippen molar-refractivity contribution in [1.82, 2.24) is 0 Å². The molecule has 3 nitrogen and oxygen atoms in total. The molecule has 0 fully saturated rings. The van der Waals surface area contributed by atoms with E-state index in [1.807, 2.05) is 31.2 Å². The molecule has 1 aromatic rings. The van der Waals surface area contributed by atoms with Crippen LogP contribution in [-0.2, 0) is 16.4 Å². The first-order valence-corrected chi connectivity index (χ1v) is 7.06. The van der Waals surface area contributed by atoms with Crippen molar-refractivity contribution in [3.8, 4) is 0 Å². The Morgan fingerprint density at radius 1 is 1.31 bits per heavy atom. The van der Waals surface area contributed by atoms with Gasteiger partial charge in [0.1, 0.15) is 0 Å². The molecule has 88 valence electrons. The van der Waals surface area contributed by atoms with E-state index in [2.05, 4.69) is 0 Å². The molecule has 1 aliphatic rings. The van der Waals surface area contributed by atoms with Crippen LogP contribution in [0.2, 0.25) is 0 Å². The molecule has 1 heterocycles. The average Bonchev–Trinajstić information content (AvgIpc) is 2.53. The number of anilines is 1. The lowest BCUT2D eigenvalue weighted by atomic mass is 10.1. The van der Waals surface area contributed by atoms with E-state index in [-0.39, 0.29) is 11.3 Å². The third-order valence-electron chi connectivity index (χ3n) is 3.01. The zero-order valence-electron chi connectivity index (χ0n) is 9.84. The number of rotatable bonds is 2. The summed E-state index contributed by atoms with van der Waals surface area (Å²) in [6.07, 6.45) is 0.808. The standard InChI is InChI=1S/C12H17NO2S/c1-9(2)16(14,15)13-10(3)8-11-6-4-5-7-12(11)13/h4-7,9-10H,8H2,1-3H3. The lowest BCUT2D eigenvalue weighted by Gasteiger charge is -2.26. The van der Waals surface area contributed by atoms with Crippen LogP contribution in [0.3, 0.4) is 0 Å². The highest BCUT2D eigenvalue weighted by atomic mass is 32.2. The molecule has 1 aliphatic heterocycles. The molecule has 1 atom stereocenters. The summed E-state index contributed by atoms with van der Waals surface area (Å²) < 4.78 is 26.0. The maximum Gasteiger partial charge on any atom is 0.237 e. The molecule has 1 unspecified atom stereocenters. The monoisotopic (exact) mass is 239 g/mol. The highest BCUT2D eigenvalue weighted by Gasteiger charge is 2.36. The van der Waals surface area contributed by atoms with Crippen LogP contribution in [-0.4, -0.2) is 19.7 Å². The van der Waals surface area contributed by atoms with E-state index >= 15 is 0 Å². The van der Waals surface area contributed by atoms with Gasteiger partial charge in [-0.15, -0.1) is 0 Å². The predicted molar refractivity (Wildman–Crippen MR) is 66.1 cm³/mol. The van der Waals surface area contributed by atoms with Gasteiger partial charge < -0.3 is 0 Å². The van der Waals surface area contributed by atoms with Gasteiger partial charge in [0.25, 0.3) is 0 Å². The number of sulfonamides is 1. The highest BCUT2D eigenvalue weighted by Crippen LogP contribution is 2.35. The quantitative estimate of drug-likeness (QED) is 0.793. The fourth-order valence-electron chi connectivity index (χ4n) is 2.15. The summed E-state index contributed by atoms with van der Waals surface area (Å²) in [6, 6.07) is 7.77. The largest absolute Gasteiger partial charge is 0.267 e. The Bertz CT molecular complexity index is 493. The minimum Gasteiger partial charge on any atom is -0.267 e. The summed E-state index contributed by atoms with van der Waals surface area (Å²) in [5, 5.41) is -0.374. The maximum atomic E-state index is 12.2. The Morgan fingerprint density at radius 3 is 2.56 bits per heavy atom. The van der Waals surface area contributed by atoms with E-state index in [9.17, 15) is 8.42 Å². The van der Waals surface area contributed by atoms with Crippen molar-refractivity contribution < 1.29 is 8.42 Å². The molecular formula is C12H17NO2S. The fraction of sp³-hybridized carbons (Fsp3) is 0.500. The Balaban J connectivity index is 2.52. The van der Waals surface area contributed by atoms with Crippen molar-refractivity contribution in [1.29, 1.82) is 0 Å². The number of fused-ring (bicyclic) bond motifs is 1. The van der Waals surface area contributed by atoms with Crippen LogP contribution in [0, 0.1) is 0 Å². The fourth-order valence-corrected chi connectivity index (χ4v) is 3.63. The molecule has 0 saturated carbocycles. The molecule has 0 spiro atoms. The van der Waals surface area contributed by atoms with Crippen molar-refractivity contribution in [2.45, 2.75) is 38.5 Å². The van der Waals surface area contributed by atoms with E-state index in [1.165, 1.54) is 0 Å². The average molecular weight is 239 g/mol. The second-order valence-corrected chi connectivity index (χ2v) is 6.94. The van der Waals surface area contributed by atoms with E-state index in [0.717, 1.165) is 17.7 Å². The summed E-state index contributed by atoms with van der Waals surface area (Å²) in [5.41, 5.74) is 1.97. The normalized spacial score (nSPS) is 20.2. The summed E-state index contributed by atoms with van der Waals surface area (Å²) >= 11 is 0. The molecule has 0 amide bonds. The minimum atomic E-state index is -3.21. The molecule has 1 aromatic carbocycles. The van der Waals surface area contributed by atoms with E-state index in [4.69, 9.17) is 0 Å². The molecule has 0 saturated heterocycles. The number of nitrogens with zero attached hydrogens (tertiary/aromatic N) is 1. The van der Waals surface area contributed by atoms with Gasteiger partial charge in [-0.3, -0.25) is 4.31 Å². The van der Waals surface area contributed by atoms with Gasteiger partial charge >= 0.3 is 0 Å². The molecule has 0 aliphatic carbocycles. The van der Waals surface area contributed by atoms with Gasteiger partial charge in [0.05, 0.1) is 10.9 Å². The van der Waals surface area contributed by atoms with Crippen LogP contribution >= 0.6 is 0 Å². The van der Waals surface area contributed by atoms with Gasteiger partial charge in [-0.1, -0.05) is 18.2 Å². The van der Waals surface area contributed by atoms with Gasteiger partial charge in [0.15, 0.2) is 0 Å². The van der Waals surface area contributed by atoms with Crippen LogP contribution in [0.4, 0.5) is 5.69 Å². The smallest absolute Gasteiger partial charge is 0.237 e. The first-order chi connectivity index (χ1) is 7.44. The maximum absolute atomic E-state index is 12.2. The first-order valence-electron chi connectivity index (χ1n) is 5.55. The van der Waals surface area contributed by atoms with Crippen molar-refractivity contribution in [2.75, 3.05) is 4.31 Å². The van der Waals surface area contributed by atoms with Crippen LogP contribution in [0.15, 0.2) is 24.3 Å². The van der Waals surface area contributed by atoms with Crippen LogP contribution in [0.25, 0.3) is 0 Å². The van der Waals surface area contributed by atoms with Crippen molar-refractivity contribution in [3.63, 3.8) is 0 Å². The summed E-state index contributed by atoms with van der Waals surface area (Å²) in [4.78, 5) is 0. The predicted octanol–water partition coefficient (Wildman–Crippen LogP) is 2.18. The van der Waals surface area contributed by atoms with Gasteiger partial charge in [0.2, 0.25) is 10.0 Å². The molecule has 16 heavy (non-hydrogen) atoms. The Labute approximate surface area is 97.1 Å². The van der Waals surface area contributed by atoms with Crippen LogP contribution in [0.1, 0.15) is 26.3 Å². The second kappa shape index (κ2) is 3.77. The Kier molecular flexibility index (Phi) is 2.70.